The van der Waals surface area contributed by atoms with Gasteiger partial charge in [0.2, 0.25) is 0 Å². The van der Waals surface area contributed by atoms with E-state index in [4.69, 9.17) is 0 Å². The van der Waals surface area contributed by atoms with Crippen molar-refractivity contribution >= 4 is 12.0 Å². The first-order valence-electron chi connectivity index (χ1n) is 9.95. The second kappa shape index (κ2) is 7.62. The monoisotopic (exact) mass is 377 g/mol. The van der Waals surface area contributed by atoms with Gasteiger partial charge in [-0.2, -0.15) is 5.10 Å². The van der Waals surface area contributed by atoms with Crippen LogP contribution in [0, 0.1) is 19.8 Å². The summed E-state index contributed by atoms with van der Waals surface area (Å²) in [5.74, 6) is 0.916. The van der Waals surface area contributed by atoms with Gasteiger partial charge in [0.05, 0.1) is 11.4 Å². The van der Waals surface area contributed by atoms with E-state index in [1.54, 1.807) is 18.7 Å². The lowest BCUT2D eigenvalue weighted by Crippen LogP contribution is -2.34. The SMILES string of the molecule is Cc1cc(N2C=NC=CN2)cc(C)c1Cc1cc(C2CCCC2C)c(=O)[nH]n1. The molecule has 1 aliphatic heterocycles. The van der Waals surface area contributed by atoms with Crippen LogP contribution in [0.2, 0.25) is 0 Å². The summed E-state index contributed by atoms with van der Waals surface area (Å²) >= 11 is 0. The number of H-pyrrole nitrogens is 1. The Labute approximate surface area is 165 Å². The number of nitrogens with zero attached hydrogens (tertiary/aromatic N) is 3. The van der Waals surface area contributed by atoms with Gasteiger partial charge < -0.3 is 0 Å². The number of aromatic nitrogens is 2. The number of rotatable bonds is 4. The zero-order valence-electron chi connectivity index (χ0n) is 16.7. The minimum Gasteiger partial charge on any atom is -0.299 e. The molecule has 2 aromatic rings. The quantitative estimate of drug-likeness (QED) is 0.852. The number of benzene rings is 1. The molecule has 1 aromatic heterocycles. The number of hydrogen-bond donors (Lipinski definition) is 2. The van der Waals surface area contributed by atoms with Crippen molar-refractivity contribution in [2.24, 2.45) is 10.9 Å². The fraction of sp³-hybridized carbons (Fsp3) is 0.409. The Balaban J connectivity index is 1.61. The van der Waals surface area contributed by atoms with Gasteiger partial charge in [-0.1, -0.05) is 19.8 Å². The average Bonchev–Trinajstić information content (AvgIpc) is 3.12. The second-order valence-corrected chi connectivity index (χ2v) is 7.97. The lowest BCUT2D eigenvalue weighted by Gasteiger charge is -2.23. The number of aryl methyl sites for hydroxylation is 2. The smallest absolute Gasteiger partial charge is 0.267 e. The molecule has 2 atom stereocenters. The molecular formula is C22H27N5O. The van der Waals surface area contributed by atoms with Crippen LogP contribution in [0.4, 0.5) is 5.69 Å². The van der Waals surface area contributed by atoms with E-state index in [1.807, 2.05) is 11.1 Å². The highest BCUT2D eigenvalue weighted by Gasteiger charge is 2.27. The van der Waals surface area contributed by atoms with Crippen molar-refractivity contribution < 1.29 is 0 Å². The van der Waals surface area contributed by atoms with E-state index in [9.17, 15) is 4.79 Å². The number of anilines is 1. The van der Waals surface area contributed by atoms with E-state index in [-0.39, 0.29) is 5.56 Å². The summed E-state index contributed by atoms with van der Waals surface area (Å²) in [7, 11) is 0. The fourth-order valence-corrected chi connectivity index (χ4v) is 4.44. The summed E-state index contributed by atoms with van der Waals surface area (Å²) in [5.41, 5.74) is 9.64. The number of nitrogens with one attached hydrogen (secondary N) is 2. The Bertz CT molecular complexity index is 968. The van der Waals surface area contributed by atoms with E-state index in [1.165, 1.54) is 29.5 Å². The molecule has 1 aliphatic carbocycles. The first kappa shape index (κ1) is 18.5. The summed E-state index contributed by atoms with van der Waals surface area (Å²) in [6.45, 7) is 6.49. The van der Waals surface area contributed by atoms with Crippen molar-refractivity contribution in [1.29, 1.82) is 0 Å². The summed E-state index contributed by atoms with van der Waals surface area (Å²) in [6, 6.07) is 6.32. The molecule has 6 heteroatoms. The minimum atomic E-state index is -0.0326. The topological polar surface area (TPSA) is 73.4 Å². The van der Waals surface area contributed by atoms with E-state index in [2.05, 4.69) is 53.5 Å². The van der Waals surface area contributed by atoms with Crippen LogP contribution < -0.4 is 16.0 Å². The van der Waals surface area contributed by atoms with E-state index < -0.39 is 0 Å². The largest absolute Gasteiger partial charge is 0.299 e. The van der Waals surface area contributed by atoms with Crippen LogP contribution in [0.5, 0.6) is 0 Å². The van der Waals surface area contributed by atoms with Crippen molar-refractivity contribution in [3.8, 4) is 0 Å². The van der Waals surface area contributed by atoms with Crippen molar-refractivity contribution in [2.45, 2.75) is 52.4 Å². The van der Waals surface area contributed by atoms with Gasteiger partial charge in [0, 0.05) is 24.4 Å². The van der Waals surface area contributed by atoms with Crippen LogP contribution in [0.1, 0.15) is 60.1 Å². The molecule has 0 amide bonds. The first-order valence-corrected chi connectivity index (χ1v) is 9.95. The van der Waals surface area contributed by atoms with Gasteiger partial charge in [0.1, 0.15) is 6.34 Å². The summed E-state index contributed by atoms with van der Waals surface area (Å²) in [4.78, 5) is 16.5. The summed E-state index contributed by atoms with van der Waals surface area (Å²) in [5, 5.41) is 8.96. The Morgan fingerprint density at radius 1 is 1.18 bits per heavy atom. The summed E-state index contributed by atoms with van der Waals surface area (Å²) < 4.78 is 0. The van der Waals surface area contributed by atoms with Gasteiger partial charge in [0.25, 0.3) is 5.56 Å². The van der Waals surface area contributed by atoms with Gasteiger partial charge in [-0.05, 0) is 67.0 Å². The number of hydrogen-bond acceptors (Lipinski definition) is 5. The highest BCUT2D eigenvalue weighted by Crippen LogP contribution is 2.38. The average molecular weight is 377 g/mol. The standard InChI is InChI=1S/C22H27N5O/c1-14-5-4-6-19(14)21-12-17(25-26-22(21)28)11-20-15(2)9-18(10-16(20)3)27-13-23-7-8-24-27/h7-10,12-14,19,24H,4-6,11H2,1-3H3,(H,26,28). The highest BCUT2D eigenvalue weighted by molar-refractivity contribution is 5.80. The van der Waals surface area contributed by atoms with Crippen LogP contribution in [-0.4, -0.2) is 16.5 Å². The molecule has 0 spiro atoms. The van der Waals surface area contributed by atoms with E-state index >= 15 is 0 Å². The third kappa shape index (κ3) is 3.59. The zero-order valence-corrected chi connectivity index (χ0v) is 16.7. The van der Waals surface area contributed by atoms with Crippen LogP contribution in [0.15, 0.2) is 40.4 Å². The maximum atomic E-state index is 12.4. The van der Waals surface area contributed by atoms with Crippen molar-refractivity contribution in [1.82, 2.24) is 15.6 Å². The van der Waals surface area contributed by atoms with Crippen molar-refractivity contribution in [3.63, 3.8) is 0 Å². The van der Waals surface area contributed by atoms with E-state index in [0.29, 0.717) is 18.3 Å². The molecule has 1 aromatic carbocycles. The predicted molar refractivity (Wildman–Crippen MR) is 113 cm³/mol. The van der Waals surface area contributed by atoms with E-state index in [0.717, 1.165) is 23.4 Å². The molecule has 2 N–H and O–H groups in total. The molecule has 0 saturated heterocycles. The van der Waals surface area contributed by atoms with Gasteiger partial charge in [-0.3, -0.25) is 10.2 Å². The van der Waals surface area contributed by atoms with Crippen molar-refractivity contribution in [3.05, 3.63) is 68.9 Å². The Kier molecular flexibility index (Phi) is 5.03. The molecule has 146 valence electrons. The second-order valence-electron chi connectivity index (χ2n) is 7.97. The van der Waals surface area contributed by atoms with Gasteiger partial charge in [-0.25, -0.2) is 15.1 Å². The number of aliphatic imine (C=N–C) groups is 1. The maximum absolute atomic E-state index is 12.4. The molecule has 1 fully saturated rings. The third-order valence-electron chi connectivity index (χ3n) is 6.02. The molecule has 0 radical (unpaired) electrons. The maximum Gasteiger partial charge on any atom is 0.267 e. The molecule has 2 unspecified atom stereocenters. The zero-order chi connectivity index (χ0) is 19.7. The van der Waals surface area contributed by atoms with Gasteiger partial charge >= 0.3 is 0 Å². The van der Waals surface area contributed by atoms with Crippen LogP contribution >= 0.6 is 0 Å². The first-order chi connectivity index (χ1) is 13.5. The van der Waals surface area contributed by atoms with Gasteiger partial charge in [-0.15, -0.1) is 0 Å². The third-order valence-corrected chi connectivity index (χ3v) is 6.02. The summed E-state index contributed by atoms with van der Waals surface area (Å²) in [6.07, 6.45) is 9.48. The molecule has 4 rings (SSSR count). The number of aromatic amines is 1. The van der Waals surface area contributed by atoms with Crippen LogP contribution in [0.3, 0.4) is 0 Å². The van der Waals surface area contributed by atoms with Crippen LogP contribution in [0.25, 0.3) is 0 Å². The lowest BCUT2D eigenvalue weighted by molar-refractivity contribution is 0.526. The minimum absolute atomic E-state index is 0.0326. The molecule has 2 heterocycles. The van der Waals surface area contributed by atoms with Crippen LogP contribution in [-0.2, 0) is 6.42 Å². The van der Waals surface area contributed by atoms with Gasteiger partial charge in [0.15, 0.2) is 0 Å². The molecular weight excluding hydrogens is 350 g/mol. The molecule has 1 saturated carbocycles. The highest BCUT2D eigenvalue weighted by atomic mass is 16.1. The molecule has 6 nitrogen and oxygen atoms in total. The predicted octanol–water partition coefficient (Wildman–Crippen LogP) is 3.71. The molecule has 2 aliphatic rings. The van der Waals surface area contributed by atoms with Crippen molar-refractivity contribution in [2.75, 3.05) is 5.01 Å². The normalized spacial score (nSPS) is 21.2. The molecule has 0 bridgehead atoms. The fourth-order valence-electron chi connectivity index (χ4n) is 4.44. The number of hydrazine groups is 1. The Hall–Kier alpha value is -2.89. The molecule has 28 heavy (non-hydrogen) atoms. The lowest BCUT2D eigenvalue weighted by atomic mass is 9.90. The Morgan fingerprint density at radius 2 is 1.96 bits per heavy atom. The Morgan fingerprint density at radius 3 is 2.61 bits per heavy atom.